The Morgan fingerprint density at radius 3 is 1.31 bits per heavy atom. The quantitative estimate of drug-likeness (QED) is 0.514. The number of nitrogens with one attached hydrogen (secondary N) is 1. The molecule has 0 spiro atoms. The third-order valence-corrected chi connectivity index (χ3v) is 3.15. The molecule has 0 heterocycles. The van der Waals surface area contributed by atoms with Crippen LogP contribution in [0, 0.1) is 0 Å². The van der Waals surface area contributed by atoms with Crippen molar-refractivity contribution in [2.75, 3.05) is 19.6 Å². The molecule has 0 saturated carbocycles. The van der Waals surface area contributed by atoms with Gasteiger partial charge in [-0.1, -0.05) is 40.0 Å². The maximum atomic E-state index is 2.30. The van der Waals surface area contributed by atoms with Crippen molar-refractivity contribution in [1.29, 1.82) is 0 Å². The van der Waals surface area contributed by atoms with Gasteiger partial charge in [0.05, 0.1) is 19.6 Å². The van der Waals surface area contributed by atoms with Gasteiger partial charge in [0.15, 0.2) is 0 Å². The molecular formula is C14H32BrN. The van der Waals surface area contributed by atoms with Crippen LogP contribution in [-0.4, -0.2) is 19.6 Å². The third kappa shape index (κ3) is 12.5. The van der Waals surface area contributed by atoms with E-state index in [9.17, 15) is 0 Å². The Hall–Kier alpha value is 0.440. The minimum Gasteiger partial charge on any atom is -1.00 e. The number of hydrogen-bond acceptors (Lipinski definition) is 0. The van der Waals surface area contributed by atoms with E-state index in [1.807, 2.05) is 4.90 Å². The summed E-state index contributed by atoms with van der Waals surface area (Å²) in [5, 5.41) is 0. The van der Waals surface area contributed by atoms with Crippen LogP contribution in [0.5, 0.6) is 0 Å². The molecule has 0 aromatic rings. The van der Waals surface area contributed by atoms with E-state index < -0.39 is 0 Å². The molecule has 0 aliphatic heterocycles. The van der Waals surface area contributed by atoms with E-state index >= 15 is 0 Å². The van der Waals surface area contributed by atoms with Gasteiger partial charge in [0.25, 0.3) is 0 Å². The number of unbranched alkanes of at least 4 members (excludes halogenated alkanes) is 5. The zero-order valence-electron chi connectivity index (χ0n) is 11.7. The van der Waals surface area contributed by atoms with E-state index in [-0.39, 0.29) is 17.0 Å². The topological polar surface area (TPSA) is 4.44 Å². The molecular weight excluding hydrogens is 262 g/mol. The van der Waals surface area contributed by atoms with Crippen LogP contribution in [0.2, 0.25) is 0 Å². The Morgan fingerprint density at radius 2 is 0.938 bits per heavy atom. The molecule has 0 aliphatic carbocycles. The van der Waals surface area contributed by atoms with Gasteiger partial charge in [-0.2, -0.15) is 0 Å². The van der Waals surface area contributed by atoms with Crippen molar-refractivity contribution in [3.05, 3.63) is 0 Å². The zero-order valence-corrected chi connectivity index (χ0v) is 13.2. The van der Waals surface area contributed by atoms with Crippen molar-refractivity contribution >= 4 is 0 Å². The van der Waals surface area contributed by atoms with Crippen LogP contribution in [-0.2, 0) is 0 Å². The lowest BCUT2D eigenvalue weighted by Crippen LogP contribution is -3.12. The first-order chi connectivity index (χ1) is 7.35. The molecule has 0 aromatic heterocycles. The van der Waals surface area contributed by atoms with Crippen molar-refractivity contribution in [3.63, 3.8) is 0 Å². The molecule has 1 nitrogen and oxygen atoms in total. The van der Waals surface area contributed by atoms with Crippen LogP contribution in [0.15, 0.2) is 0 Å². The summed E-state index contributed by atoms with van der Waals surface area (Å²) in [5.74, 6) is 0. The number of rotatable bonds is 11. The molecule has 0 unspecified atom stereocenters. The molecule has 0 amide bonds. The van der Waals surface area contributed by atoms with Crippen LogP contribution in [0.25, 0.3) is 0 Å². The molecule has 0 atom stereocenters. The zero-order chi connectivity index (χ0) is 11.4. The van der Waals surface area contributed by atoms with E-state index in [2.05, 4.69) is 20.8 Å². The van der Waals surface area contributed by atoms with Gasteiger partial charge in [-0.15, -0.1) is 0 Å². The first-order valence-corrected chi connectivity index (χ1v) is 7.18. The lowest BCUT2D eigenvalue weighted by Gasteiger charge is -2.19. The summed E-state index contributed by atoms with van der Waals surface area (Å²) in [7, 11) is 0. The van der Waals surface area contributed by atoms with Gasteiger partial charge in [0, 0.05) is 0 Å². The van der Waals surface area contributed by atoms with Gasteiger partial charge in [-0.05, 0) is 32.1 Å². The summed E-state index contributed by atoms with van der Waals surface area (Å²) in [6.45, 7) is 11.1. The molecule has 0 radical (unpaired) electrons. The maximum absolute atomic E-state index is 2.30. The van der Waals surface area contributed by atoms with E-state index in [0.717, 1.165) is 0 Å². The Balaban J connectivity index is 0. The third-order valence-electron chi connectivity index (χ3n) is 3.15. The molecule has 2 heteroatoms. The molecule has 16 heavy (non-hydrogen) atoms. The highest BCUT2D eigenvalue weighted by atomic mass is 79.9. The highest BCUT2D eigenvalue weighted by Gasteiger charge is 2.06. The van der Waals surface area contributed by atoms with Gasteiger partial charge in [0.2, 0.25) is 0 Å². The lowest BCUT2D eigenvalue weighted by atomic mass is 10.2. The van der Waals surface area contributed by atoms with Crippen LogP contribution in [0.4, 0.5) is 0 Å². The van der Waals surface area contributed by atoms with Crippen LogP contribution < -0.4 is 21.9 Å². The second-order valence-electron chi connectivity index (χ2n) is 4.77. The second-order valence-corrected chi connectivity index (χ2v) is 4.77. The lowest BCUT2D eigenvalue weighted by molar-refractivity contribution is -0.900. The highest BCUT2D eigenvalue weighted by Crippen LogP contribution is 1.92. The SMILES string of the molecule is CCCCC[NH+](CCCC)CCCCC.[Br-]. The molecule has 0 fully saturated rings. The Bertz CT molecular complexity index is 107. The van der Waals surface area contributed by atoms with Crippen molar-refractivity contribution in [2.45, 2.75) is 72.1 Å². The van der Waals surface area contributed by atoms with Gasteiger partial charge in [-0.25, -0.2) is 0 Å². The maximum Gasteiger partial charge on any atom is 0.0770 e. The largest absolute Gasteiger partial charge is 1.00 e. The molecule has 100 valence electrons. The van der Waals surface area contributed by atoms with Gasteiger partial charge in [-0.3, -0.25) is 0 Å². The normalized spacial score (nSPS) is 10.5. The smallest absolute Gasteiger partial charge is 0.0770 e. The van der Waals surface area contributed by atoms with Crippen molar-refractivity contribution in [2.24, 2.45) is 0 Å². The minimum absolute atomic E-state index is 0. The molecule has 1 N–H and O–H groups in total. The Labute approximate surface area is 114 Å². The summed E-state index contributed by atoms with van der Waals surface area (Å²) < 4.78 is 0. The molecule has 0 rings (SSSR count). The summed E-state index contributed by atoms with van der Waals surface area (Å²) in [4.78, 5) is 1.86. The van der Waals surface area contributed by atoms with E-state index in [0.29, 0.717) is 0 Å². The van der Waals surface area contributed by atoms with Crippen LogP contribution in [0.1, 0.15) is 72.1 Å². The number of hydrogen-bond donors (Lipinski definition) is 1. The van der Waals surface area contributed by atoms with Gasteiger partial charge >= 0.3 is 0 Å². The summed E-state index contributed by atoms with van der Waals surface area (Å²) in [6, 6.07) is 0. The first kappa shape index (κ1) is 18.8. The molecule has 0 saturated heterocycles. The van der Waals surface area contributed by atoms with Crippen LogP contribution in [0.3, 0.4) is 0 Å². The Morgan fingerprint density at radius 1 is 0.562 bits per heavy atom. The summed E-state index contributed by atoms with van der Waals surface area (Å²) >= 11 is 0. The molecule has 0 aliphatic rings. The molecule has 0 bridgehead atoms. The highest BCUT2D eigenvalue weighted by molar-refractivity contribution is 4.40. The van der Waals surface area contributed by atoms with E-state index in [4.69, 9.17) is 0 Å². The van der Waals surface area contributed by atoms with Crippen LogP contribution >= 0.6 is 0 Å². The summed E-state index contributed by atoms with van der Waals surface area (Å²) in [6.07, 6.45) is 11.2. The van der Waals surface area contributed by atoms with Crippen molar-refractivity contribution in [1.82, 2.24) is 0 Å². The predicted molar refractivity (Wildman–Crippen MR) is 69.5 cm³/mol. The van der Waals surface area contributed by atoms with Crippen molar-refractivity contribution in [3.8, 4) is 0 Å². The number of halogens is 1. The van der Waals surface area contributed by atoms with Gasteiger partial charge < -0.3 is 21.9 Å². The first-order valence-electron chi connectivity index (χ1n) is 7.18. The average molecular weight is 294 g/mol. The van der Waals surface area contributed by atoms with Crippen molar-refractivity contribution < 1.29 is 21.9 Å². The second kappa shape index (κ2) is 15.4. The van der Waals surface area contributed by atoms with Gasteiger partial charge in [0.1, 0.15) is 0 Å². The predicted octanol–water partition coefficient (Wildman–Crippen LogP) is 0.0558. The Kier molecular flexibility index (Phi) is 18.1. The fourth-order valence-corrected chi connectivity index (χ4v) is 2.05. The fourth-order valence-electron chi connectivity index (χ4n) is 2.05. The summed E-state index contributed by atoms with van der Waals surface area (Å²) in [5.41, 5.74) is 0. The fraction of sp³-hybridized carbons (Fsp3) is 1.00. The monoisotopic (exact) mass is 293 g/mol. The average Bonchev–Trinajstić information content (AvgIpc) is 2.25. The van der Waals surface area contributed by atoms with E-state index in [1.165, 1.54) is 71.0 Å². The van der Waals surface area contributed by atoms with E-state index in [1.54, 1.807) is 0 Å². The minimum atomic E-state index is 0. The number of quaternary nitrogens is 1. The molecule has 0 aromatic carbocycles. The standard InChI is InChI=1S/C14H31N.BrH/c1-4-7-10-13-15(12-9-6-3)14-11-8-5-2;/h4-14H2,1-3H3;1H.